The molecule has 0 spiro atoms. The maximum atomic E-state index is 13.3. The number of benzene rings is 4. The van der Waals surface area contributed by atoms with E-state index < -0.39 is 17.7 Å². The molecule has 0 radical (unpaired) electrons. The van der Waals surface area contributed by atoms with Crippen molar-refractivity contribution in [3.05, 3.63) is 137 Å². The summed E-state index contributed by atoms with van der Waals surface area (Å²) in [6, 6.07) is 32.7. The zero-order valence-electron chi connectivity index (χ0n) is 21.6. The van der Waals surface area contributed by atoms with Crippen molar-refractivity contribution < 1.29 is 24.2 Å². The van der Waals surface area contributed by atoms with E-state index in [0.717, 1.165) is 11.1 Å². The van der Waals surface area contributed by atoms with Gasteiger partial charge in [-0.25, -0.2) is 0 Å². The van der Waals surface area contributed by atoms with Crippen molar-refractivity contribution in [1.29, 1.82) is 0 Å². The largest absolute Gasteiger partial charge is 0.507 e. The summed E-state index contributed by atoms with van der Waals surface area (Å²) in [5, 5.41) is 11.3. The zero-order valence-corrected chi connectivity index (χ0v) is 21.6. The Balaban J connectivity index is 1.50. The van der Waals surface area contributed by atoms with Gasteiger partial charge >= 0.3 is 0 Å². The molecule has 1 amide bonds. The topological polar surface area (TPSA) is 76.1 Å². The maximum absolute atomic E-state index is 13.3. The lowest BCUT2D eigenvalue weighted by molar-refractivity contribution is -0.140. The SMILES string of the molecule is CCOc1ccc(C(O)=C2C(=O)C(=O)N(Cc3ccccc3)C2c2ccc(OCc3ccccc3)cc2)cc1. The van der Waals surface area contributed by atoms with Gasteiger partial charge < -0.3 is 19.5 Å². The lowest BCUT2D eigenvalue weighted by Gasteiger charge is -2.25. The van der Waals surface area contributed by atoms with Crippen LogP contribution in [0.3, 0.4) is 0 Å². The molecule has 1 N–H and O–H groups in total. The van der Waals surface area contributed by atoms with E-state index in [1.54, 1.807) is 24.3 Å². The number of likely N-dealkylation sites (tertiary alicyclic amines) is 1. The number of amides is 1. The Labute approximate surface area is 227 Å². The quantitative estimate of drug-likeness (QED) is 0.160. The second kappa shape index (κ2) is 11.7. The fraction of sp³-hybridized carbons (Fsp3) is 0.152. The van der Waals surface area contributed by atoms with E-state index in [1.807, 2.05) is 91.9 Å². The van der Waals surface area contributed by atoms with Gasteiger partial charge in [-0.2, -0.15) is 0 Å². The van der Waals surface area contributed by atoms with Gasteiger partial charge in [0.2, 0.25) is 0 Å². The Hall–Kier alpha value is -4.84. The van der Waals surface area contributed by atoms with Crippen molar-refractivity contribution in [2.75, 3.05) is 6.61 Å². The van der Waals surface area contributed by atoms with Gasteiger partial charge in [0, 0.05) is 12.1 Å². The molecule has 5 rings (SSSR count). The molecule has 0 aromatic heterocycles. The average Bonchev–Trinajstić information content (AvgIpc) is 3.22. The summed E-state index contributed by atoms with van der Waals surface area (Å²) in [4.78, 5) is 28.1. The molecule has 4 aromatic carbocycles. The highest BCUT2D eigenvalue weighted by Gasteiger charge is 2.46. The predicted molar refractivity (Wildman–Crippen MR) is 149 cm³/mol. The number of ketones is 1. The van der Waals surface area contributed by atoms with Crippen molar-refractivity contribution in [1.82, 2.24) is 4.90 Å². The number of ether oxygens (including phenoxy) is 2. The van der Waals surface area contributed by atoms with Crippen LogP contribution >= 0.6 is 0 Å². The fourth-order valence-corrected chi connectivity index (χ4v) is 4.69. The number of carbonyl (C=O) groups excluding carboxylic acids is 2. The third-order valence-electron chi connectivity index (χ3n) is 6.62. The highest BCUT2D eigenvalue weighted by molar-refractivity contribution is 6.46. The second-order valence-corrected chi connectivity index (χ2v) is 9.21. The molecule has 6 heteroatoms. The van der Waals surface area contributed by atoms with E-state index in [-0.39, 0.29) is 17.9 Å². The normalized spacial score (nSPS) is 16.3. The predicted octanol–water partition coefficient (Wildman–Crippen LogP) is 6.29. The molecule has 4 aromatic rings. The van der Waals surface area contributed by atoms with Crippen molar-refractivity contribution in [3.8, 4) is 11.5 Å². The number of hydrogen-bond donors (Lipinski definition) is 1. The van der Waals surface area contributed by atoms with Crippen molar-refractivity contribution in [2.45, 2.75) is 26.1 Å². The van der Waals surface area contributed by atoms with Gasteiger partial charge in [0.1, 0.15) is 23.9 Å². The van der Waals surface area contributed by atoms with Crippen LogP contribution in [0.2, 0.25) is 0 Å². The first-order chi connectivity index (χ1) is 19.0. The first-order valence-electron chi connectivity index (χ1n) is 12.9. The molecule has 6 nitrogen and oxygen atoms in total. The molecule has 1 aliphatic heterocycles. The summed E-state index contributed by atoms with van der Waals surface area (Å²) in [6.07, 6.45) is 0. The summed E-state index contributed by atoms with van der Waals surface area (Å²) >= 11 is 0. The number of nitrogens with zero attached hydrogens (tertiary/aromatic N) is 1. The molecule has 0 saturated carbocycles. The Kier molecular flexibility index (Phi) is 7.73. The third kappa shape index (κ3) is 5.70. The van der Waals surface area contributed by atoms with Gasteiger partial charge in [-0.1, -0.05) is 72.8 Å². The van der Waals surface area contributed by atoms with Gasteiger partial charge in [-0.15, -0.1) is 0 Å². The average molecular weight is 520 g/mol. The number of aliphatic hydroxyl groups excluding tert-OH is 1. The van der Waals surface area contributed by atoms with E-state index in [1.165, 1.54) is 4.90 Å². The Morgan fingerprint density at radius 1 is 0.744 bits per heavy atom. The standard InChI is InChI=1S/C33H29NO5/c1-2-38-27-19-15-26(16-20-27)31(35)29-30(34(33(37)32(29)36)21-23-9-5-3-6-10-23)25-13-17-28(18-14-25)39-22-24-11-7-4-8-12-24/h3-20,30,35H,2,21-22H2,1H3. The molecular formula is C33H29NO5. The molecular weight excluding hydrogens is 490 g/mol. The minimum absolute atomic E-state index is 0.0537. The molecule has 1 fully saturated rings. The summed E-state index contributed by atoms with van der Waals surface area (Å²) in [7, 11) is 0. The molecule has 196 valence electrons. The summed E-state index contributed by atoms with van der Waals surface area (Å²) in [5.74, 6) is -0.274. The van der Waals surface area contributed by atoms with E-state index in [2.05, 4.69) is 0 Å². The second-order valence-electron chi connectivity index (χ2n) is 9.21. The molecule has 1 aliphatic rings. The van der Waals surface area contributed by atoms with E-state index in [4.69, 9.17) is 9.47 Å². The van der Waals surface area contributed by atoms with Crippen LogP contribution in [-0.2, 0) is 22.7 Å². The smallest absolute Gasteiger partial charge is 0.295 e. The molecule has 1 saturated heterocycles. The molecule has 0 bridgehead atoms. The first kappa shape index (κ1) is 25.8. The first-order valence-corrected chi connectivity index (χ1v) is 12.9. The number of rotatable bonds is 9. The Morgan fingerprint density at radius 3 is 1.92 bits per heavy atom. The lowest BCUT2D eigenvalue weighted by atomic mass is 9.95. The van der Waals surface area contributed by atoms with E-state index in [0.29, 0.717) is 35.8 Å². The molecule has 1 atom stereocenters. The lowest BCUT2D eigenvalue weighted by Crippen LogP contribution is -2.29. The van der Waals surface area contributed by atoms with Crippen LogP contribution in [0.25, 0.3) is 5.76 Å². The number of Topliss-reactive ketones (excluding diaryl/α,β-unsaturated/α-hetero) is 1. The zero-order chi connectivity index (χ0) is 27.2. The highest BCUT2D eigenvalue weighted by Crippen LogP contribution is 2.41. The van der Waals surface area contributed by atoms with Crippen LogP contribution in [0.5, 0.6) is 11.5 Å². The summed E-state index contributed by atoms with van der Waals surface area (Å²) in [6.45, 7) is 3.05. The van der Waals surface area contributed by atoms with Crippen LogP contribution < -0.4 is 9.47 Å². The van der Waals surface area contributed by atoms with Gasteiger partial charge in [-0.3, -0.25) is 9.59 Å². The Morgan fingerprint density at radius 2 is 1.31 bits per heavy atom. The molecule has 0 aliphatic carbocycles. The summed E-state index contributed by atoms with van der Waals surface area (Å²) in [5.41, 5.74) is 3.12. The van der Waals surface area contributed by atoms with Crippen molar-refractivity contribution in [3.63, 3.8) is 0 Å². The van der Waals surface area contributed by atoms with Crippen molar-refractivity contribution in [2.24, 2.45) is 0 Å². The van der Waals surface area contributed by atoms with Gasteiger partial charge in [-0.05, 0) is 60.0 Å². The van der Waals surface area contributed by atoms with Gasteiger partial charge in [0.05, 0.1) is 18.2 Å². The van der Waals surface area contributed by atoms with Crippen LogP contribution in [0.4, 0.5) is 0 Å². The molecule has 39 heavy (non-hydrogen) atoms. The number of hydrogen-bond acceptors (Lipinski definition) is 5. The molecule has 1 unspecified atom stereocenters. The van der Waals surface area contributed by atoms with Crippen LogP contribution in [0.15, 0.2) is 115 Å². The van der Waals surface area contributed by atoms with Gasteiger partial charge in [0.25, 0.3) is 11.7 Å². The third-order valence-corrected chi connectivity index (χ3v) is 6.62. The number of carbonyl (C=O) groups is 2. The minimum Gasteiger partial charge on any atom is -0.507 e. The van der Waals surface area contributed by atoms with Crippen LogP contribution in [-0.4, -0.2) is 28.3 Å². The minimum atomic E-state index is -0.764. The fourth-order valence-electron chi connectivity index (χ4n) is 4.69. The van der Waals surface area contributed by atoms with E-state index in [9.17, 15) is 14.7 Å². The van der Waals surface area contributed by atoms with Crippen molar-refractivity contribution >= 4 is 17.4 Å². The highest BCUT2D eigenvalue weighted by atomic mass is 16.5. The summed E-state index contributed by atoms with van der Waals surface area (Å²) < 4.78 is 11.4. The molecule has 1 heterocycles. The monoisotopic (exact) mass is 519 g/mol. The maximum Gasteiger partial charge on any atom is 0.295 e. The van der Waals surface area contributed by atoms with Crippen LogP contribution in [0, 0.1) is 0 Å². The number of aliphatic hydroxyl groups is 1. The van der Waals surface area contributed by atoms with Crippen LogP contribution in [0.1, 0.15) is 35.2 Å². The van der Waals surface area contributed by atoms with E-state index >= 15 is 0 Å². The van der Waals surface area contributed by atoms with Gasteiger partial charge in [0.15, 0.2) is 0 Å². The Bertz CT molecular complexity index is 1460.